The number of rotatable bonds is 4. The first-order valence-corrected chi connectivity index (χ1v) is 9.92. The van der Waals surface area contributed by atoms with Crippen LogP contribution in [0.5, 0.6) is 0 Å². The van der Waals surface area contributed by atoms with Crippen LogP contribution in [0.1, 0.15) is 23.6 Å². The van der Waals surface area contributed by atoms with Crippen molar-refractivity contribution in [3.63, 3.8) is 0 Å². The van der Waals surface area contributed by atoms with Crippen LogP contribution in [0, 0.1) is 11.3 Å². The zero-order valence-corrected chi connectivity index (χ0v) is 15.0. The third-order valence-corrected chi connectivity index (χ3v) is 5.69. The number of amides is 1. The van der Waals surface area contributed by atoms with E-state index in [-0.39, 0.29) is 18.2 Å². The van der Waals surface area contributed by atoms with Crippen LogP contribution < -0.4 is 4.90 Å². The Morgan fingerprint density at radius 1 is 1.19 bits per heavy atom. The van der Waals surface area contributed by atoms with E-state index in [4.69, 9.17) is 0 Å². The fourth-order valence-electron chi connectivity index (χ4n) is 2.75. The monoisotopic (exact) mass is 367 g/mol. The highest BCUT2D eigenvalue weighted by Crippen LogP contribution is 2.28. The molecule has 132 valence electrons. The summed E-state index contributed by atoms with van der Waals surface area (Å²) in [7, 11) is -3.42. The number of nitriles is 1. The summed E-state index contributed by atoms with van der Waals surface area (Å²) in [6.07, 6.45) is 0. The second-order valence-corrected chi connectivity index (χ2v) is 8.18. The lowest BCUT2D eigenvalue weighted by Crippen LogP contribution is -2.37. The van der Waals surface area contributed by atoms with Crippen molar-refractivity contribution in [2.75, 3.05) is 23.1 Å². The van der Waals surface area contributed by atoms with Crippen LogP contribution in [-0.2, 0) is 14.6 Å². The third-order valence-electron chi connectivity index (χ3n) is 4.16. The number of hydrogen-bond acceptors (Lipinski definition) is 5. The molecule has 1 amide bonds. The second kappa shape index (κ2) is 7.10. The molecule has 0 atom stereocenters. The Morgan fingerprint density at radius 2 is 1.92 bits per heavy atom. The largest absolute Gasteiger partial charge is 0.295 e. The molecule has 1 aliphatic heterocycles. The summed E-state index contributed by atoms with van der Waals surface area (Å²) in [5.41, 5.74) is 2.82. The van der Waals surface area contributed by atoms with E-state index in [9.17, 15) is 18.5 Å². The minimum absolute atomic E-state index is 0.0607. The minimum atomic E-state index is -3.42. The average molecular weight is 367 g/mol. The first-order valence-electron chi connectivity index (χ1n) is 8.10. The molecule has 1 heterocycles. The third kappa shape index (κ3) is 3.51. The molecule has 6 nitrogen and oxygen atoms in total. The van der Waals surface area contributed by atoms with Crippen molar-refractivity contribution in [2.24, 2.45) is 4.99 Å². The van der Waals surface area contributed by atoms with E-state index < -0.39 is 15.7 Å². The van der Waals surface area contributed by atoms with Gasteiger partial charge in [-0.05, 0) is 18.2 Å². The molecule has 0 fully saturated rings. The van der Waals surface area contributed by atoms with Crippen LogP contribution in [0.4, 0.5) is 5.69 Å². The Balaban J connectivity index is 2.20. The fourth-order valence-corrected chi connectivity index (χ4v) is 3.61. The van der Waals surface area contributed by atoms with Gasteiger partial charge in [0.1, 0.15) is 12.4 Å². The van der Waals surface area contributed by atoms with Gasteiger partial charge in [0.05, 0.1) is 23.0 Å². The Bertz CT molecular complexity index is 1020. The van der Waals surface area contributed by atoms with Crippen LogP contribution in [0.15, 0.2) is 53.5 Å². The van der Waals surface area contributed by atoms with Crippen molar-refractivity contribution in [1.29, 1.82) is 5.26 Å². The second-order valence-electron chi connectivity index (χ2n) is 5.86. The SMILES string of the molecule is CCS(=O)(=O)CN1C(=O)CN=C(c2ccccc2)c2cc(C#N)ccc21. The lowest BCUT2D eigenvalue weighted by Gasteiger charge is -2.22. The van der Waals surface area contributed by atoms with Crippen LogP contribution in [0.2, 0.25) is 0 Å². The summed E-state index contributed by atoms with van der Waals surface area (Å²) in [4.78, 5) is 18.3. The maximum absolute atomic E-state index is 12.6. The number of carbonyl (C=O) groups is 1. The van der Waals surface area contributed by atoms with Gasteiger partial charge < -0.3 is 0 Å². The van der Waals surface area contributed by atoms with Crippen molar-refractivity contribution < 1.29 is 13.2 Å². The van der Waals surface area contributed by atoms with E-state index in [1.165, 1.54) is 4.90 Å². The maximum atomic E-state index is 12.6. The molecular weight excluding hydrogens is 350 g/mol. The van der Waals surface area contributed by atoms with Crippen LogP contribution in [0.25, 0.3) is 0 Å². The van der Waals surface area contributed by atoms with Gasteiger partial charge in [0, 0.05) is 16.9 Å². The number of carbonyl (C=O) groups excluding carboxylic acids is 1. The molecule has 0 N–H and O–H groups in total. The van der Waals surface area contributed by atoms with Crippen molar-refractivity contribution in [2.45, 2.75) is 6.92 Å². The van der Waals surface area contributed by atoms with Gasteiger partial charge in [-0.25, -0.2) is 8.42 Å². The fraction of sp³-hybridized carbons (Fsp3) is 0.211. The Morgan fingerprint density at radius 3 is 2.58 bits per heavy atom. The van der Waals surface area contributed by atoms with Crippen LogP contribution >= 0.6 is 0 Å². The van der Waals surface area contributed by atoms with Gasteiger partial charge in [0.15, 0.2) is 9.84 Å². The van der Waals surface area contributed by atoms with Gasteiger partial charge in [-0.3, -0.25) is 14.7 Å². The van der Waals surface area contributed by atoms with Gasteiger partial charge in [0.25, 0.3) is 0 Å². The molecule has 0 aromatic heterocycles. The number of benzene rings is 2. The molecule has 0 aliphatic carbocycles. The summed E-state index contributed by atoms with van der Waals surface area (Å²) in [6.45, 7) is 1.39. The van der Waals surface area contributed by atoms with E-state index in [0.29, 0.717) is 22.5 Å². The van der Waals surface area contributed by atoms with E-state index in [2.05, 4.69) is 11.1 Å². The number of anilines is 1. The smallest absolute Gasteiger partial charge is 0.249 e. The van der Waals surface area contributed by atoms with E-state index >= 15 is 0 Å². The number of hydrogen-bond donors (Lipinski definition) is 0. The quantitative estimate of drug-likeness (QED) is 0.828. The standard InChI is InChI=1S/C19H17N3O3S/c1-2-26(24,25)13-22-17-9-8-14(11-20)10-16(17)19(21-12-18(22)23)15-6-4-3-5-7-15/h3-10H,2,12-13H2,1H3. The van der Waals surface area contributed by atoms with Gasteiger partial charge in [-0.2, -0.15) is 5.26 Å². The van der Waals surface area contributed by atoms with Crippen LogP contribution in [0.3, 0.4) is 0 Å². The lowest BCUT2D eigenvalue weighted by atomic mass is 9.98. The molecule has 0 saturated carbocycles. The van der Waals surface area contributed by atoms with Gasteiger partial charge >= 0.3 is 0 Å². The summed E-state index contributed by atoms with van der Waals surface area (Å²) in [5.74, 6) is -0.855. The van der Waals surface area contributed by atoms with E-state index in [1.807, 2.05) is 30.3 Å². The first-order chi connectivity index (χ1) is 12.4. The molecule has 0 saturated heterocycles. The minimum Gasteiger partial charge on any atom is -0.295 e. The van der Waals surface area contributed by atoms with Crippen LogP contribution in [-0.4, -0.2) is 38.2 Å². The molecule has 3 rings (SSSR count). The number of fused-ring (bicyclic) bond motifs is 1. The maximum Gasteiger partial charge on any atom is 0.249 e. The number of nitrogens with zero attached hydrogens (tertiary/aromatic N) is 3. The molecule has 2 aromatic carbocycles. The average Bonchev–Trinajstić information content (AvgIpc) is 2.79. The zero-order chi connectivity index (χ0) is 18.7. The zero-order valence-electron chi connectivity index (χ0n) is 14.2. The molecule has 1 aliphatic rings. The highest BCUT2D eigenvalue weighted by molar-refractivity contribution is 7.91. The van der Waals surface area contributed by atoms with E-state index in [1.54, 1.807) is 25.1 Å². The molecule has 0 unspecified atom stereocenters. The van der Waals surface area contributed by atoms with Gasteiger partial charge in [0.2, 0.25) is 5.91 Å². The Hall–Kier alpha value is -2.98. The lowest BCUT2D eigenvalue weighted by molar-refractivity contribution is -0.117. The van der Waals surface area contributed by atoms with Gasteiger partial charge in [-0.15, -0.1) is 0 Å². The molecule has 0 radical (unpaired) electrons. The summed E-state index contributed by atoms with van der Waals surface area (Å²) < 4.78 is 24.3. The molecule has 7 heteroatoms. The summed E-state index contributed by atoms with van der Waals surface area (Å²) in [5, 5.41) is 9.24. The highest BCUT2D eigenvalue weighted by atomic mass is 32.2. The van der Waals surface area contributed by atoms with Crippen molar-refractivity contribution >= 4 is 27.1 Å². The summed E-state index contributed by atoms with van der Waals surface area (Å²) >= 11 is 0. The van der Waals surface area contributed by atoms with Crippen molar-refractivity contribution in [1.82, 2.24) is 0 Å². The molecule has 0 bridgehead atoms. The predicted octanol–water partition coefficient (Wildman–Crippen LogP) is 2.13. The normalized spacial score (nSPS) is 14.2. The molecule has 0 spiro atoms. The topological polar surface area (TPSA) is 90.6 Å². The number of benzodiazepines with no additional fused rings is 1. The number of aliphatic imine (C=N–C) groups is 1. The van der Waals surface area contributed by atoms with Crippen molar-refractivity contribution in [3.8, 4) is 6.07 Å². The van der Waals surface area contributed by atoms with E-state index in [0.717, 1.165) is 5.56 Å². The summed E-state index contributed by atoms with van der Waals surface area (Å²) in [6, 6.07) is 16.2. The molecule has 2 aromatic rings. The van der Waals surface area contributed by atoms with Gasteiger partial charge in [-0.1, -0.05) is 37.3 Å². The highest BCUT2D eigenvalue weighted by Gasteiger charge is 2.28. The Labute approximate surface area is 152 Å². The van der Waals surface area contributed by atoms with Crippen molar-refractivity contribution in [3.05, 3.63) is 65.2 Å². The first kappa shape index (κ1) is 17.8. The molecular formula is C19H17N3O3S. The Kier molecular flexibility index (Phi) is 4.87. The molecule has 26 heavy (non-hydrogen) atoms. The predicted molar refractivity (Wildman–Crippen MR) is 99.9 cm³/mol. The number of sulfone groups is 1.